The normalized spacial score (nSPS) is 19.9. The zero-order chi connectivity index (χ0) is 63.3. The van der Waals surface area contributed by atoms with Crippen LogP contribution in [0.15, 0.2) is 115 Å². The molecule has 1 aliphatic heterocycles. The molecule has 9 amide bonds. The van der Waals surface area contributed by atoms with Crippen molar-refractivity contribution in [2.75, 3.05) is 32.5 Å². The molecule has 0 bridgehead atoms. The number of ether oxygens (including phenoxy) is 1. The molecule has 2 aliphatic carbocycles. The van der Waals surface area contributed by atoms with Crippen molar-refractivity contribution in [2.45, 2.75) is 142 Å². The van der Waals surface area contributed by atoms with E-state index in [4.69, 9.17) is 10.5 Å². The Hall–Kier alpha value is -8.59. The quantitative estimate of drug-likeness (QED) is 0.0420. The number of aliphatic carboxylic acids is 1. The Morgan fingerprint density at radius 2 is 1.57 bits per heavy atom. The SMILES string of the molecule is CN[C@@H](C(=O)N[C@H](C(=O)N(C)[C@H](/C=C(\C)C(=O)O)C(C)C)C(C)(C)C)C(C)(C)c1cccc(CNC(=O)OCc2ccc(NC(=O)C3(NC(=O)CNC(=O)CCC(=O)N4Cc5ccccc5C=CC5C=CC=CC54C)CC3CCNC(N)=O)cc2)c1. The van der Waals surface area contributed by atoms with Gasteiger partial charge in [-0.3, -0.25) is 28.8 Å². The maximum Gasteiger partial charge on any atom is 0.407 e. The minimum absolute atomic E-state index is 0.0860. The number of carbonyl (C=O) groups excluding carboxylic acids is 8. The van der Waals surface area contributed by atoms with Crippen molar-refractivity contribution in [3.05, 3.63) is 143 Å². The van der Waals surface area contributed by atoms with Crippen LogP contribution in [0.4, 0.5) is 15.3 Å². The highest BCUT2D eigenvalue weighted by Crippen LogP contribution is 2.47. The number of nitrogens with one attached hydrogen (secondary N) is 7. The van der Waals surface area contributed by atoms with Crippen LogP contribution in [0.1, 0.15) is 116 Å². The summed E-state index contributed by atoms with van der Waals surface area (Å²) >= 11 is 0. The van der Waals surface area contributed by atoms with E-state index < -0.39 is 88.3 Å². The summed E-state index contributed by atoms with van der Waals surface area (Å²) in [6.07, 6.45) is 13.3. The first kappa shape index (κ1) is 66.5. The van der Waals surface area contributed by atoms with E-state index in [-0.39, 0.29) is 74.1 Å². The number of carbonyl (C=O) groups is 9. The standard InChI is InChI=1S/C65H86N10O11/c1-40(2)50(33-41(3)58(81)82)74(11)57(80)55(62(4,5)6)72-56(79)54(67-10)63(7,8)47-21-16-17-43(34-47)36-70-61(85)86-39-42-22-26-49(27-23-42)71-59(83)65(35-48(65)30-32-68-60(66)84)73-52(77)37-69-51(76)28-29-53(78)75-38-45-19-13-12-18-44(45)24-25-46-20-14-15-31-64(46,75)9/h12-27,31,33-34,40,46,48,50,54-55,67H,28-30,32,35-39H2,1-11H3,(H,69,76)(H,70,85)(H,71,83)(H,72,79)(H,73,77)(H,81,82)(H3,66,68,84)/b25-24?,41-33+/t46?,48?,50-,54+,55-,64?,65?/m1/s1. The van der Waals surface area contributed by atoms with E-state index in [9.17, 15) is 48.3 Å². The molecule has 3 aromatic rings. The van der Waals surface area contributed by atoms with Gasteiger partial charge in [0.15, 0.2) is 0 Å². The van der Waals surface area contributed by atoms with E-state index in [0.717, 1.165) is 22.3 Å². The molecule has 3 aromatic carbocycles. The Morgan fingerprint density at radius 1 is 0.860 bits per heavy atom. The fourth-order valence-corrected chi connectivity index (χ4v) is 11.1. The molecule has 0 spiro atoms. The number of urea groups is 1. The Bertz CT molecular complexity index is 3140. The number of primary amides is 1. The molecule has 10 N–H and O–H groups in total. The number of carboxylic acids is 1. The number of alkyl carbamates (subject to hydrolysis) is 1. The van der Waals surface area contributed by atoms with Gasteiger partial charge in [-0.05, 0) is 90.9 Å². The highest BCUT2D eigenvalue weighted by molar-refractivity contribution is 6.04. The maximum absolute atomic E-state index is 14.2. The second-order valence-corrected chi connectivity index (χ2v) is 24.7. The van der Waals surface area contributed by atoms with Gasteiger partial charge in [-0.15, -0.1) is 0 Å². The molecular weight excluding hydrogens is 1100 g/mol. The summed E-state index contributed by atoms with van der Waals surface area (Å²) in [5, 5.41) is 29.3. The van der Waals surface area contributed by atoms with Gasteiger partial charge in [0.2, 0.25) is 35.4 Å². The fraction of sp³-hybridized carbons (Fsp3) is 0.462. The van der Waals surface area contributed by atoms with Gasteiger partial charge in [0, 0.05) is 62.1 Å². The smallest absolute Gasteiger partial charge is 0.407 e. The molecule has 21 heteroatoms. The lowest BCUT2D eigenvalue weighted by Gasteiger charge is -2.45. The van der Waals surface area contributed by atoms with E-state index in [1.54, 1.807) is 49.3 Å². The van der Waals surface area contributed by atoms with Crippen LogP contribution >= 0.6 is 0 Å². The first-order chi connectivity index (χ1) is 40.5. The summed E-state index contributed by atoms with van der Waals surface area (Å²) in [6, 6.07) is 18.8. The summed E-state index contributed by atoms with van der Waals surface area (Å²) < 4.78 is 5.52. The van der Waals surface area contributed by atoms with Gasteiger partial charge in [0.1, 0.15) is 18.2 Å². The molecule has 462 valence electrons. The van der Waals surface area contributed by atoms with Crippen molar-refractivity contribution < 1.29 is 53.0 Å². The molecule has 3 aliphatic rings. The third-order valence-corrected chi connectivity index (χ3v) is 16.6. The van der Waals surface area contributed by atoms with Crippen LogP contribution in [0, 0.1) is 23.2 Å². The van der Waals surface area contributed by atoms with E-state index in [2.05, 4.69) is 55.4 Å². The molecule has 0 radical (unpaired) electrons. The number of likely N-dealkylation sites (N-methyl/N-ethyl adjacent to an activating group) is 2. The first-order valence-electron chi connectivity index (χ1n) is 29.1. The average molecular weight is 1180 g/mol. The molecule has 0 saturated heterocycles. The van der Waals surface area contributed by atoms with Crippen molar-refractivity contribution in [3.63, 3.8) is 0 Å². The number of allylic oxidation sites excluding steroid dienone is 2. The Kier molecular flexibility index (Phi) is 22.1. The number of rotatable bonds is 25. The predicted molar refractivity (Wildman–Crippen MR) is 328 cm³/mol. The van der Waals surface area contributed by atoms with Crippen LogP contribution in [0.25, 0.3) is 6.08 Å². The zero-order valence-electron chi connectivity index (χ0n) is 51.3. The molecule has 7 atom stereocenters. The van der Waals surface area contributed by atoms with E-state index in [0.29, 0.717) is 24.2 Å². The van der Waals surface area contributed by atoms with Gasteiger partial charge in [0.25, 0.3) is 0 Å². The van der Waals surface area contributed by atoms with Crippen LogP contribution in [0.2, 0.25) is 0 Å². The minimum atomic E-state index is -1.36. The molecule has 21 nitrogen and oxygen atoms in total. The van der Waals surface area contributed by atoms with Crippen molar-refractivity contribution in [1.29, 1.82) is 0 Å². The van der Waals surface area contributed by atoms with E-state index in [1.807, 2.05) is 122 Å². The van der Waals surface area contributed by atoms with Crippen LogP contribution < -0.4 is 43.0 Å². The minimum Gasteiger partial charge on any atom is -0.478 e. The number of amides is 9. The Labute approximate surface area is 504 Å². The lowest BCUT2D eigenvalue weighted by Crippen LogP contribution is -2.61. The second-order valence-electron chi connectivity index (χ2n) is 24.7. The van der Waals surface area contributed by atoms with Crippen molar-refractivity contribution >= 4 is 65.3 Å². The molecule has 1 fully saturated rings. The maximum atomic E-state index is 14.2. The summed E-state index contributed by atoms with van der Waals surface area (Å²) in [5.74, 6) is -4.29. The largest absolute Gasteiger partial charge is 0.478 e. The highest BCUT2D eigenvalue weighted by atomic mass is 16.5. The number of nitrogens with zero attached hydrogens (tertiary/aromatic N) is 2. The van der Waals surface area contributed by atoms with Gasteiger partial charge >= 0.3 is 18.1 Å². The van der Waals surface area contributed by atoms with Gasteiger partial charge in [0.05, 0.1) is 24.2 Å². The van der Waals surface area contributed by atoms with Gasteiger partial charge in [-0.2, -0.15) is 0 Å². The summed E-state index contributed by atoms with van der Waals surface area (Å²) in [5.41, 5.74) is 6.31. The summed E-state index contributed by atoms with van der Waals surface area (Å²) in [7, 11) is 3.28. The molecule has 86 heavy (non-hydrogen) atoms. The monoisotopic (exact) mass is 1180 g/mol. The van der Waals surface area contributed by atoms with Crippen LogP contribution in [0.5, 0.6) is 0 Å². The average Bonchev–Trinajstić information content (AvgIpc) is 1.54. The fourth-order valence-electron chi connectivity index (χ4n) is 11.1. The predicted octanol–water partition coefficient (Wildman–Crippen LogP) is 6.35. The third-order valence-electron chi connectivity index (χ3n) is 16.6. The lowest BCUT2D eigenvalue weighted by atomic mass is 9.76. The molecule has 1 saturated carbocycles. The number of benzene rings is 3. The Balaban J connectivity index is 0.997. The molecule has 1 heterocycles. The van der Waals surface area contributed by atoms with E-state index >= 15 is 0 Å². The van der Waals surface area contributed by atoms with Gasteiger partial charge in [-0.1, -0.05) is 152 Å². The lowest BCUT2D eigenvalue weighted by molar-refractivity contribution is -0.141. The molecular formula is C65H86N10O11. The Morgan fingerprint density at radius 3 is 2.23 bits per heavy atom. The second kappa shape index (κ2) is 28.5. The van der Waals surface area contributed by atoms with Gasteiger partial charge < -0.3 is 62.6 Å². The summed E-state index contributed by atoms with van der Waals surface area (Å²) in [4.78, 5) is 122. The number of anilines is 1. The number of hydrogen-bond acceptors (Lipinski definition) is 11. The van der Waals surface area contributed by atoms with Crippen molar-refractivity contribution in [1.82, 2.24) is 41.7 Å². The molecule has 6 rings (SSSR count). The molecule has 0 aromatic heterocycles. The van der Waals surface area contributed by atoms with Crippen LogP contribution in [-0.4, -0.2) is 125 Å². The molecule has 4 unspecified atom stereocenters. The number of hydrogen-bond donors (Lipinski definition) is 9. The van der Waals surface area contributed by atoms with E-state index in [1.165, 1.54) is 11.8 Å². The number of nitrogens with two attached hydrogens (primary N) is 1. The van der Waals surface area contributed by atoms with Crippen molar-refractivity contribution in [2.24, 2.45) is 28.9 Å². The van der Waals surface area contributed by atoms with Crippen LogP contribution in [0.3, 0.4) is 0 Å². The number of carboxylic acid groups (broad SMARTS) is 1. The topological polar surface area (TPSA) is 300 Å². The highest BCUT2D eigenvalue weighted by Gasteiger charge is 2.60. The zero-order valence-corrected chi connectivity index (χ0v) is 51.3. The van der Waals surface area contributed by atoms with Crippen molar-refractivity contribution in [3.8, 4) is 0 Å². The summed E-state index contributed by atoms with van der Waals surface area (Å²) in [6.45, 7) is 16.7. The van der Waals surface area contributed by atoms with Gasteiger partial charge in [-0.25, -0.2) is 14.4 Å². The van der Waals surface area contributed by atoms with Crippen LogP contribution in [-0.2, 0) is 63.4 Å². The first-order valence-corrected chi connectivity index (χ1v) is 29.1. The number of fused-ring (bicyclic) bond motifs is 2. The third kappa shape index (κ3) is 16.9.